The monoisotopic (exact) mass is 280 g/mol. The molecular weight excluding hydrogens is 248 g/mol. The molecule has 7 atom stereocenters. The second kappa shape index (κ2) is 4.24. The van der Waals surface area contributed by atoms with Crippen LogP contribution in [-0.4, -0.2) is 16.3 Å². The minimum Gasteiger partial charge on any atom is -0.508 e. The normalized spacial score (nSPS) is 52.9. The molecule has 2 nitrogen and oxygen atoms in total. The van der Waals surface area contributed by atoms with Crippen LogP contribution in [0.2, 0.25) is 0 Å². The Morgan fingerprint density at radius 3 is 3.10 bits per heavy atom. The van der Waals surface area contributed by atoms with Crippen molar-refractivity contribution in [2.24, 2.45) is 17.3 Å². The Morgan fingerprint density at radius 2 is 2.25 bits per heavy atom. The number of benzene rings is 1. The number of hydrogen-bond acceptors (Lipinski definition) is 2. The summed E-state index contributed by atoms with van der Waals surface area (Å²) in [5.41, 5.74) is 1.08. The van der Waals surface area contributed by atoms with Crippen LogP contribution < -0.4 is 0 Å². The fourth-order valence-corrected chi connectivity index (χ4v) is 4.91. The van der Waals surface area contributed by atoms with Crippen LogP contribution >= 0.6 is 0 Å². The summed E-state index contributed by atoms with van der Waals surface area (Å²) in [6, 6.07) is 1.41. The molecule has 2 fully saturated rings. The summed E-state index contributed by atoms with van der Waals surface area (Å²) >= 11 is 0. The lowest BCUT2D eigenvalue weighted by atomic mass is 9.55. The van der Waals surface area contributed by atoms with Crippen molar-refractivity contribution in [1.82, 2.24) is 0 Å². The van der Waals surface area contributed by atoms with Gasteiger partial charge in [-0.1, -0.05) is 13.0 Å². The highest BCUT2D eigenvalue weighted by Gasteiger charge is 2.54. The Morgan fingerprint density at radius 1 is 1.40 bits per heavy atom. The van der Waals surface area contributed by atoms with E-state index in [4.69, 9.17) is 5.48 Å². The van der Waals surface area contributed by atoms with Gasteiger partial charge in [-0.15, -0.1) is 0 Å². The Bertz CT molecular complexity index is 694. The van der Waals surface area contributed by atoms with Crippen LogP contribution in [0, 0.1) is 17.3 Å². The first kappa shape index (κ1) is 9.09. The smallest absolute Gasteiger partial charge is 0.115 e. The van der Waals surface area contributed by atoms with Crippen molar-refractivity contribution in [3.8, 4) is 5.75 Å². The van der Waals surface area contributed by atoms with Crippen LogP contribution in [0.15, 0.2) is 18.2 Å². The summed E-state index contributed by atoms with van der Waals surface area (Å²) in [6.07, 6.45) is 1.47. The molecule has 1 aromatic rings. The number of hydrogen-bond donors (Lipinski definition) is 2. The van der Waals surface area contributed by atoms with Crippen molar-refractivity contribution in [3.63, 3.8) is 0 Å². The topological polar surface area (TPSA) is 40.5 Å². The highest BCUT2D eigenvalue weighted by molar-refractivity contribution is 5.40. The number of aliphatic hydroxyl groups excluding tert-OH is 1. The third-order valence-corrected chi connectivity index (χ3v) is 6.10. The standard InChI is InChI=1S/C18H24O2/c1-18-9-8-14-13-5-3-12(19)10-11(13)2-4-15(14)16(18)6-7-17(18)20/h3,5,10,14-17,19-20H,2,4,6-9H2,1H3/t14-,15-,16+,17+,18+/m1/s1/i2T,3T,4T,10T/t2-,4+,14+,15+,16-,17-,18-/m0. The molecule has 0 aliphatic heterocycles. The molecule has 108 valence electrons. The lowest BCUT2D eigenvalue weighted by Gasteiger charge is -2.50. The van der Waals surface area contributed by atoms with Gasteiger partial charge in [0.25, 0.3) is 0 Å². The lowest BCUT2D eigenvalue weighted by Crippen LogP contribution is -2.43. The summed E-state index contributed by atoms with van der Waals surface area (Å²) in [5.74, 6) is -0.124. The number of aromatic hydroxyl groups is 1. The number of rotatable bonds is 0. The summed E-state index contributed by atoms with van der Waals surface area (Å²) < 4.78 is 33.3. The molecule has 3 aliphatic rings. The molecular formula is C18H24O2. The molecule has 2 heteroatoms. The molecule has 0 spiro atoms. The van der Waals surface area contributed by atoms with Crippen LogP contribution in [0.4, 0.5) is 0 Å². The second-order valence-corrected chi connectivity index (χ2v) is 6.92. The van der Waals surface area contributed by atoms with Gasteiger partial charge in [-0.25, -0.2) is 0 Å². The van der Waals surface area contributed by atoms with Crippen molar-refractivity contribution >= 4 is 0 Å². The predicted octanol–water partition coefficient (Wildman–Crippen LogP) is 3.61. The highest BCUT2D eigenvalue weighted by atomic mass is 16.3. The van der Waals surface area contributed by atoms with E-state index in [0.29, 0.717) is 5.56 Å². The molecule has 0 saturated heterocycles. The van der Waals surface area contributed by atoms with Crippen molar-refractivity contribution < 1.29 is 15.7 Å². The first-order valence-electron chi connectivity index (χ1n) is 9.78. The fraction of sp³-hybridized carbons (Fsp3) is 0.667. The van der Waals surface area contributed by atoms with Gasteiger partial charge in [-0.3, -0.25) is 0 Å². The van der Waals surface area contributed by atoms with Gasteiger partial charge in [0.15, 0.2) is 0 Å². The maximum atomic E-state index is 10.4. The zero-order valence-electron chi connectivity index (χ0n) is 15.8. The summed E-state index contributed by atoms with van der Waals surface area (Å²) in [7, 11) is 0. The number of phenols is 1. The third kappa shape index (κ3) is 1.60. The van der Waals surface area contributed by atoms with Gasteiger partial charge in [0.05, 0.1) is 8.85 Å². The summed E-state index contributed by atoms with van der Waals surface area (Å²) in [6.45, 7) is 2.12. The summed E-state index contributed by atoms with van der Waals surface area (Å²) in [5, 5.41) is 20.4. The Labute approximate surface area is 126 Å². The minimum atomic E-state index is -0.875. The zero-order valence-corrected chi connectivity index (χ0v) is 11.8. The van der Waals surface area contributed by atoms with Crippen LogP contribution in [0.5, 0.6) is 5.75 Å². The molecule has 0 unspecified atom stereocenters. The van der Waals surface area contributed by atoms with E-state index in [1.165, 1.54) is 0 Å². The second-order valence-electron chi connectivity index (χ2n) is 6.92. The van der Waals surface area contributed by atoms with Gasteiger partial charge in [0.1, 0.15) is 5.75 Å². The average Bonchev–Trinajstić information content (AvgIpc) is 2.85. The fourth-order valence-electron chi connectivity index (χ4n) is 4.91. The maximum Gasteiger partial charge on any atom is 0.115 e. The van der Waals surface area contributed by atoms with Gasteiger partial charge in [-0.05, 0) is 84.9 Å². The number of phenolic OH excluding ortho intramolecular Hbond substituents is 1. The van der Waals surface area contributed by atoms with Crippen LogP contribution in [-0.2, 0) is 6.40 Å². The van der Waals surface area contributed by atoms with E-state index in [2.05, 4.69) is 6.92 Å². The van der Waals surface area contributed by atoms with E-state index in [0.717, 1.165) is 31.2 Å². The molecule has 20 heavy (non-hydrogen) atoms. The van der Waals surface area contributed by atoms with Gasteiger partial charge in [0.2, 0.25) is 0 Å². The molecule has 1 aromatic carbocycles. The minimum absolute atomic E-state index is 0.0146. The quantitative estimate of drug-likeness (QED) is 0.762. The Hall–Kier alpha value is -1.02. The van der Waals surface area contributed by atoms with E-state index < -0.39 is 12.8 Å². The van der Waals surface area contributed by atoms with Crippen LogP contribution in [0.3, 0.4) is 0 Å². The van der Waals surface area contributed by atoms with Crippen LogP contribution in [0.25, 0.3) is 0 Å². The van der Waals surface area contributed by atoms with E-state index in [-0.39, 0.29) is 47.1 Å². The number of aliphatic hydroxyl groups is 1. The van der Waals surface area contributed by atoms with Crippen molar-refractivity contribution in [3.05, 3.63) is 29.3 Å². The van der Waals surface area contributed by atoms with E-state index >= 15 is 0 Å². The van der Waals surface area contributed by atoms with Crippen LogP contribution in [0.1, 0.15) is 61.5 Å². The predicted molar refractivity (Wildman–Crippen MR) is 78.7 cm³/mol. The zero-order chi connectivity index (χ0) is 17.4. The molecule has 0 aromatic heterocycles. The molecule has 2 saturated carbocycles. The van der Waals surface area contributed by atoms with Gasteiger partial charge in [0, 0.05) is 2.74 Å². The lowest BCUT2D eigenvalue weighted by molar-refractivity contribution is -0.0226. The highest BCUT2D eigenvalue weighted by Crippen LogP contribution is 2.60. The van der Waals surface area contributed by atoms with Crippen molar-refractivity contribution in [1.29, 1.82) is 0 Å². The molecule has 4 rings (SSSR count). The van der Waals surface area contributed by atoms with Gasteiger partial charge >= 0.3 is 0 Å². The first-order chi connectivity index (χ1) is 11.3. The van der Waals surface area contributed by atoms with E-state index in [1.54, 1.807) is 6.07 Å². The molecule has 0 radical (unpaired) electrons. The van der Waals surface area contributed by atoms with E-state index in [9.17, 15) is 10.2 Å². The largest absolute Gasteiger partial charge is 0.508 e. The molecule has 0 bridgehead atoms. The molecule has 3 aliphatic carbocycles. The average molecular weight is 280 g/mol. The number of fused-ring (bicyclic) bond motifs is 5. The first-order valence-corrected chi connectivity index (χ1v) is 7.63. The van der Waals surface area contributed by atoms with Crippen molar-refractivity contribution in [2.45, 2.75) is 57.4 Å². The molecule has 2 N–H and O–H groups in total. The van der Waals surface area contributed by atoms with E-state index in [1.807, 2.05) is 0 Å². The molecule has 0 amide bonds. The van der Waals surface area contributed by atoms with Gasteiger partial charge < -0.3 is 10.2 Å². The Kier molecular flexibility index (Phi) is 1.93. The SMILES string of the molecule is [3H]c1cc2c(c([3H])c1O)[C@@H]([3H])[C@@H]([3H])[C@@H]1[C@@H]2CC[C@]2(C)[C@@H](O)CC[C@@H]12. The molecule has 0 heterocycles. The third-order valence-electron chi connectivity index (χ3n) is 6.10. The van der Waals surface area contributed by atoms with Crippen molar-refractivity contribution in [2.75, 3.05) is 0 Å². The maximum absolute atomic E-state index is 10.4. The summed E-state index contributed by atoms with van der Waals surface area (Å²) in [4.78, 5) is 0. The Balaban J connectivity index is 1.86. The van der Waals surface area contributed by atoms with Gasteiger partial charge in [-0.2, -0.15) is 0 Å².